The largest absolute Gasteiger partial charge is 0.347 e. The first-order valence-electron chi connectivity index (χ1n) is 4.84. The van der Waals surface area contributed by atoms with Crippen molar-refractivity contribution in [2.24, 2.45) is 12.5 Å². The second kappa shape index (κ2) is 3.39. The maximum absolute atomic E-state index is 11.6. The van der Waals surface area contributed by atoms with Crippen molar-refractivity contribution in [3.8, 4) is 6.07 Å². The van der Waals surface area contributed by atoms with Gasteiger partial charge in [0.05, 0.1) is 12.6 Å². The first-order valence-corrected chi connectivity index (χ1v) is 4.84. The fraction of sp³-hybridized carbons (Fsp3) is 0.500. The zero-order chi connectivity index (χ0) is 10.9. The lowest BCUT2D eigenvalue weighted by Gasteiger charge is -2.07. The van der Waals surface area contributed by atoms with E-state index in [4.69, 9.17) is 5.26 Å². The van der Waals surface area contributed by atoms with Crippen molar-refractivity contribution in [3.05, 3.63) is 18.2 Å². The average molecular weight is 204 g/mol. The lowest BCUT2D eigenvalue weighted by molar-refractivity contribution is -0.124. The molecular weight excluding hydrogens is 192 g/mol. The molecule has 5 nitrogen and oxygen atoms in total. The molecule has 0 unspecified atom stereocenters. The summed E-state index contributed by atoms with van der Waals surface area (Å²) in [4.78, 5) is 15.7. The predicted molar refractivity (Wildman–Crippen MR) is 52.3 cm³/mol. The van der Waals surface area contributed by atoms with Gasteiger partial charge < -0.3 is 9.88 Å². The molecule has 5 heteroatoms. The van der Waals surface area contributed by atoms with Crippen molar-refractivity contribution in [3.63, 3.8) is 0 Å². The van der Waals surface area contributed by atoms with Crippen LogP contribution >= 0.6 is 0 Å². The minimum Gasteiger partial charge on any atom is -0.347 e. The minimum absolute atomic E-state index is 0.173. The maximum atomic E-state index is 11.6. The highest BCUT2D eigenvalue weighted by Gasteiger charge is 2.50. The van der Waals surface area contributed by atoms with E-state index in [-0.39, 0.29) is 5.91 Å². The Hall–Kier alpha value is -1.83. The van der Waals surface area contributed by atoms with E-state index in [0.717, 1.165) is 5.82 Å². The Bertz CT molecular complexity index is 425. The highest BCUT2D eigenvalue weighted by molar-refractivity contribution is 5.88. The fourth-order valence-corrected chi connectivity index (χ4v) is 1.41. The van der Waals surface area contributed by atoms with Crippen molar-refractivity contribution in [2.45, 2.75) is 19.4 Å². The number of nitriles is 1. The Labute approximate surface area is 87.7 Å². The van der Waals surface area contributed by atoms with Crippen LogP contribution in [0.3, 0.4) is 0 Å². The summed E-state index contributed by atoms with van der Waals surface area (Å²) in [5.41, 5.74) is -0.745. The van der Waals surface area contributed by atoms with Crippen LogP contribution in [0.15, 0.2) is 12.4 Å². The fourth-order valence-electron chi connectivity index (χ4n) is 1.41. The molecule has 1 fully saturated rings. The number of aryl methyl sites for hydroxylation is 1. The van der Waals surface area contributed by atoms with Crippen LogP contribution in [-0.4, -0.2) is 15.5 Å². The molecule has 0 aromatic carbocycles. The van der Waals surface area contributed by atoms with Crippen LogP contribution in [0.25, 0.3) is 0 Å². The Kier molecular flexibility index (Phi) is 2.19. The van der Waals surface area contributed by atoms with Crippen molar-refractivity contribution >= 4 is 5.91 Å². The van der Waals surface area contributed by atoms with Gasteiger partial charge in [-0.15, -0.1) is 0 Å². The molecule has 0 spiro atoms. The van der Waals surface area contributed by atoms with E-state index in [9.17, 15) is 4.79 Å². The van der Waals surface area contributed by atoms with E-state index in [2.05, 4.69) is 16.4 Å². The van der Waals surface area contributed by atoms with Crippen LogP contribution < -0.4 is 5.32 Å². The third-order valence-electron chi connectivity index (χ3n) is 2.73. The molecule has 0 saturated heterocycles. The summed E-state index contributed by atoms with van der Waals surface area (Å²) in [5.74, 6) is 0.616. The van der Waals surface area contributed by atoms with Gasteiger partial charge in [0, 0.05) is 19.4 Å². The molecule has 15 heavy (non-hydrogen) atoms. The maximum Gasteiger partial charge on any atom is 0.240 e. The highest BCUT2D eigenvalue weighted by Crippen LogP contribution is 2.44. The molecule has 1 heterocycles. The Morgan fingerprint density at radius 2 is 2.53 bits per heavy atom. The Morgan fingerprint density at radius 1 is 1.80 bits per heavy atom. The normalized spacial score (nSPS) is 16.8. The van der Waals surface area contributed by atoms with Gasteiger partial charge in [0.25, 0.3) is 0 Å². The molecule has 1 aromatic rings. The van der Waals surface area contributed by atoms with Crippen molar-refractivity contribution in [2.75, 3.05) is 0 Å². The number of rotatable bonds is 3. The van der Waals surface area contributed by atoms with Crippen molar-refractivity contribution in [1.29, 1.82) is 5.26 Å². The Balaban J connectivity index is 1.93. The summed E-state index contributed by atoms with van der Waals surface area (Å²) in [6, 6.07) is 2.06. The number of carbonyl (C=O) groups is 1. The van der Waals surface area contributed by atoms with Crippen molar-refractivity contribution < 1.29 is 4.79 Å². The predicted octanol–water partition coefficient (Wildman–Crippen LogP) is 0.340. The lowest BCUT2D eigenvalue weighted by atomic mass is 10.1. The summed E-state index contributed by atoms with van der Waals surface area (Å²) >= 11 is 0. The van der Waals surface area contributed by atoms with Crippen LogP contribution in [-0.2, 0) is 18.4 Å². The zero-order valence-electron chi connectivity index (χ0n) is 8.53. The molecule has 1 aromatic heterocycles. The minimum atomic E-state index is -0.745. The van der Waals surface area contributed by atoms with E-state index < -0.39 is 5.41 Å². The van der Waals surface area contributed by atoms with E-state index in [0.29, 0.717) is 19.4 Å². The summed E-state index contributed by atoms with van der Waals surface area (Å²) in [6.45, 7) is 0.381. The van der Waals surface area contributed by atoms with E-state index in [1.165, 1.54) is 0 Å². The lowest BCUT2D eigenvalue weighted by Crippen LogP contribution is -2.31. The second-order valence-corrected chi connectivity index (χ2v) is 3.83. The van der Waals surface area contributed by atoms with Crippen LogP contribution in [0.1, 0.15) is 18.7 Å². The van der Waals surface area contributed by atoms with Gasteiger partial charge in [0.2, 0.25) is 5.91 Å². The number of hydrogen-bond donors (Lipinski definition) is 1. The Morgan fingerprint density at radius 3 is 3.00 bits per heavy atom. The summed E-state index contributed by atoms with van der Waals surface area (Å²) in [7, 11) is 1.87. The summed E-state index contributed by atoms with van der Waals surface area (Å²) in [6.07, 6.45) is 4.85. The average Bonchev–Trinajstić information content (AvgIpc) is 2.94. The topological polar surface area (TPSA) is 70.7 Å². The molecule has 1 amide bonds. The van der Waals surface area contributed by atoms with Crippen LogP contribution in [0.4, 0.5) is 0 Å². The first-order chi connectivity index (χ1) is 7.18. The molecule has 0 bridgehead atoms. The van der Waals surface area contributed by atoms with Gasteiger partial charge >= 0.3 is 0 Å². The molecule has 0 aliphatic heterocycles. The molecule has 2 rings (SSSR count). The molecule has 1 aliphatic carbocycles. The number of nitrogens with zero attached hydrogens (tertiary/aromatic N) is 3. The van der Waals surface area contributed by atoms with E-state index >= 15 is 0 Å². The number of hydrogen-bond acceptors (Lipinski definition) is 3. The van der Waals surface area contributed by atoms with Crippen LogP contribution in [0.5, 0.6) is 0 Å². The van der Waals surface area contributed by atoms with Gasteiger partial charge in [-0.25, -0.2) is 4.98 Å². The third-order valence-corrected chi connectivity index (χ3v) is 2.73. The summed E-state index contributed by atoms with van der Waals surface area (Å²) in [5, 5.41) is 11.5. The molecule has 1 N–H and O–H groups in total. The van der Waals surface area contributed by atoms with Gasteiger partial charge in [-0.3, -0.25) is 4.79 Å². The standard InChI is InChI=1S/C10H12N4O/c1-14-5-4-12-8(14)6-13-9(15)10(7-11)2-3-10/h4-5H,2-3,6H2,1H3,(H,13,15). The first kappa shape index (κ1) is 9.71. The number of imidazole rings is 1. The van der Waals surface area contributed by atoms with E-state index in [1.54, 1.807) is 6.20 Å². The molecule has 1 aliphatic rings. The molecule has 1 saturated carbocycles. The number of nitrogens with one attached hydrogen (secondary N) is 1. The zero-order valence-corrected chi connectivity index (χ0v) is 8.53. The van der Waals surface area contributed by atoms with Gasteiger partial charge in [-0.1, -0.05) is 0 Å². The molecule has 0 atom stereocenters. The highest BCUT2D eigenvalue weighted by atomic mass is 16.2. The number of amides is 1. The van der Waals surface area contributed by atoms with Crippen LogP contribution in [0, 0.1) is 16.7 Å². The van der Waals surface area contributed by atoms with Crippen LogP contribution in [0.2, 0.25) is 0 Å². The molecular formula is C10H12N4O. The van der Waals surface area contributed by atoms with Crippen molar-refractivity contribution in [1.82, 2.24) is 14.9 Å². The van der Waals surface area contributed by atoms with Gasteiger partial charge in [-0.2, -0.15) is 5.26 Å². The SMILES string of the molecule is Cn1ccnc1CNC(=O)C1(C#N)CC1. The van der Waals surface area contributed by atoms with Gasteiger partial charge in [0.1, 0.15) is 11.2 Å². The van der Waals surface area contributed by atoms with E-state index in [1.807, 2.05) is 17.8 Å². The number of aromatic nitrogens is 2. The summed E-state index contributed by atoms with van der Waals surface area (Å²) < 4.78 is 1.84. The monoisotopic (exact) mass is 204 g/mol. The van der Waals surface area contributed by atoms with Gasteiger partial charge in [0.15, 0.2) is 0 Å². The smallest absolute Gasteiger partial charge is 0.240 e. The second-order valence-electron chi connectivity index (χ2n) is 3.83. The molecule has 0 radical (unpaired) electrons. The quantitative estimate of drug-likeness (QED) is 0.771. The number of carbonyl (C=O) groups excluding carboxylic acids is 1. The molecule has 78 valence electrons. The van der Waals surface area contributed by atoms with Gasteiger partial charge in [-0.05, 0) is 12.8 Å². The third kappa shape index (κ3) is 1.71.